The van der Waals surface area contributed by atoms with Gasteiger partial charge in [0.25, 0.3) is 0 Å². The van der Waals surface area contributed by atoms with Crippen molar-refractivity contribution in [1.82, 2.24) is 15.2 Å². The molecule has 0 saturated heterocycles. The van der Waals surface area contributed by atoms with E-state index >= 15 is 0 Å². The Bertz CT molecular complexity index is 630. The fourth-order valence-electron chi connectivity index (χ4n) is 2.57. The third-order valence-corrected chi connectivity index (χ3v) is 5.23. The number of hydrogen-bond donors (Lipinski definition) is 1. The molecule has 2 heterocycles. The summed E-state index contributed by atoms with van der Waals surface area (Å²) in [5.41, 5.74) is 0.778. The SMILES string of the molecule is CCCCCC(CC)COC(=O)CCSc1ccnc2[nH]ncc12. The number of ether oxygens (including phenoxy) is 1. The van der Waals surface area contributed by atoms with E-state index < -0.39 is 0 Å². The predicted molar refractivity (Wildman–Crippen MR) is 98.1 cm³/mol. The molecule has 1 N–H and O–H groups in total. The van der Waals surface area contributed by atoms with Crippen LogP contribution in [0.4, 0.5) is 0 Å². The van der Waals surface area contributed by atoms with Crippen molar-refractivity contribution in [2.75, 3.05) is 12.4 Å². The van der Waals surface area contributed by atoms with Crippen molar-refractivity contribution in [2.45, 2.75) is 57.3 Å². The number of aromatic nitrogens is 3. The number of carbonyl (C=O) groups is 1. The number of H-pyrrole nitrogens is 1. The van der Waals surface area contributed by atoms with Gasteiger partial charge in [0.15, 0.2) is 5.65 Å². The highest BCUT2D eigenvalue weighted by atomic mass is 32.2. The maximum atomic E-state index is 11.9. The highest BCUT2D eigenvalue weighted by Gasteiger charge is 2.11. The molecular weight excluding hydrogens is 322 g/mol. The first-order chi connectivity index (χ1) is 11.7. The second-order valence-electron chi connectivity index (χ2n) is 5.99. The number of pyridine rings is 1. The third-order valence-electron chi connectivity index (χ3n) is 4.15. The average molecular weight is 350 g/mol. The number of aromatic amines is 1. The molecule has 0 bridgehead atoms. The molecule has 0 aliphatic rings. The smallest absolute Gasteiger partial charge is 0.306 e. The lowest BCUT2D eigenvalue weighted by Gasteiger charge is -2.14. The number of hydrogen-bond acceptors (Lipinski definition) is 5. The van der Waals surface area contributed by atoms with Gasteiger partial charge < -0.3 is 4.74 Å². The number of thioether (sulfide) groups is 1. The maximum Gasteiger partial charge on any atom is 0.306 e. The van der Waals surface area contributed by atoms with Crippen molar-refractivity contribution in [1.29, 1.82) is 0 Å². The van der Waals surface area contributed by atoms with Crippen molar-refractivity contribution in [3.05, 3.63) is 18.5 Å². The van der Waals surface area contributed by atoms with E-state index in [0.717, 1.165) is 28.8 Å². The van der Waals surface area contributed by atoms with E-state index in [1.807, 2.05) is 6.07 Å². The molecule has 132 valence electrons. The molecule has 0 aliphatic carbocycles. The minimum absolute atomic E-state index is 0.103. The van der Waals surface area contributed by atoms with E-state index in [1.54, 1.807) is 24.2 Å². The van der Waals surface area contributed by atoms with Gasteiger partial charge in [-0.25, -0.2) is 4.98 Å². The highest BCUT2D eigenvalue weighted by Crippen LogP contribution is 2.25. The first kappa shape index (κ1) is 18.8. The molecule has 0 radical (unpaired) electrons. The Hall–Kier alpha value is -1.56. The normalized spacial score (nSPS) is 12.4. The Morgan fingerprint density at radius 2 is 2.25 bits per heavy atom. The molecule has 5 nitrogen and oxygen atoms in total. The van der Waals surface area contributed by atoms with Crippen LogP contribution in [0.5, 0.6) is 0 Å². The number of carbonyl (C=O) groups excluding carboxylic acids is 1. The highest BCUT2D eigenvalue weighted by molar-refractivity contribution is 7.99. The second kappa shape index (κ2) is 10.3. The van der Waals surface area contributed by atoms with Gasteiger partial charge in [-0.15, -0.1) is 11.8 Å². The summed E-state index contributed by atoms with van der Waals surface area (Å²) in [6.45, 7) is 4.93. The summed E-state index contributed by atoms with van der Waals surface area (Å²) < 4.78 is 5.45. The van der Waals surface area contributed by atoms with Gasteiger partial charge in [0.2, 0.25) is 0 Å². The fraction of sp³-hybridized carbons (Fsp3) is 0.611. The van der Waals surface area contributed by atoms with Crippen LogP contribution in [0.15, 0.2) is 23.4 Å². The zero-order valence-electron chi connectivity index (χ0n) is 14.6. The number of esters is 1. The Morgan fingerprint density at radius 3 is 3.04 bits per heavy atom. The third kappa shape index (κ3) is 5.82. The van der Waals surface area contributed by atoms with E-state index in [0.29, 0.717) is 24.7 Å². The lowest BCUT2D eigenvalue weighted by molar-refractivity contribution is -0.144. The van der Waals surface area contributed by atoms with Crippen molar-refractivity contribution in [3.8, 4) is 0 Å². The molecule has 0 aromatic carbocycles. The Labute approximate surface area is 148 Å². The van der Waals surface area contributed by atoms with E-state index in [4.69, 9.17) is 4.74 Å². The number of unbranched alkanes of at least 4 members (excludes halogenated alkanes) is 2. The molecule has 1 atom stereocenters. The van der Waals surface area contributed by atoms with Crippen molar-refractivity contribution in [2.24, 2.45) is 5.92 Å². The largest absolute Gasteiger partial charge is 0.465 e. The van der Waals surface area contributed by atoms with Gasteiger partial charge in [-0.3, -0.25) is 9.89 Å². The van der Waals surface area contributed by atoms with E-state index in [2.05, 4.69) is 29.0 Å². The molecule has 2 aromatic heterocycles. The van der Waals surface area contributed by atoms with E-state index in [1.165, 1.54) is 19.3 Å². The van der Waals surface area contributed by atoms with Gasteiger partial charge >= 0.3 is 5.97 Å². The van der Waals surface area contributed by atoms with Gasteiger partial charge in [0, 0.05) is 16.8 Å². The second-order valence-corrected chi connectivity index (χ2v) is 7.13. The molecule has 0 spiro atoms. The Morgan fingerprint density at radius 1 is 1.38 bits per heavy atom. The van der Waals surface area contributed by atoms with E-state index in [9.17, 15) is 4.79 Å². The molecular formula is C18H27N3O2S. The fourth-order valence-corrected chi connectivity index (χ4v) is 3.52. The summed E-state index contributed by atoms with van der Waals surface area (Å²) >= 11 is 1.64. The van der Waals surface area contributed by atoms with Crippen molar-refractivity contribution < 1.29 is 9.53 Å². The maximum absolute atomic E-state index is 11.9. The number of nitrogens with zero attached hydrogens (tertiary/aromatic N) is 2. The van der Waals surface area contributed by atoms with E-state index in [-0.39, 0.29) is 5.97 Å². The van der Waals surface area contributed by atoms with Crippen molar-refractivity contribution in [3.63, 3.8) is 0 Å². The molecule has 0 fully saturated rings. The zero-order chi connectivity index (χ0) is 17.2. The van der Waals surface area contributed by atoms with Gasteiger partial charge in [-0.1, -0.05) is 39.5 Å². The number of nitrogens with one attached hydrogen (secondary N) is 1. The quantitative estimate of drug-likeness (QED) is 0.365. The summed E-state index contributed by atoms with van der Waals surface area (Å²) in [5.74, 6) is 1.10. The molecule has 24 heavy (non-hydrogen) atoms. The topological polar surface area (TPSA) is 67.9 Å². The van der Waals surface area contributed by atoms with Crippen LogP contribution in [0.3, 0.4) is 0 Å². The van der Waals surface area contributed by atoms with Crippen LogP contribution < -0.4 is 0 Å². The van der Waals surface area contributed by atoms with Crippen LogP contribution in [0.2, 0.25) is 0 Å². The first-order valence-corrected chi connectivity index (χ1v) is 9.79. The Balaban J connectivity index is 1.68. The average Bonchev–Trinajstić information content (AvgIpc) is 3.07. The van der Waals surface area contributed by atoms with Crippen LogP contribution >= 0.6 is 11.8 Å². The van der Waals surface area contributed by atoms with Crippen LogP contribution in [0, 0.1) is 5.92 Å². The lowest BCUT2D eigenvalue weighted by atomic mass is 10.00. The molecule has 1 unspecified atom stereocenters. The standard InChI is InChI=1S/C18H27N3O2S/c1-3-5-6-7-14(4-2)13-23-17(22)9-11-24-16-8-10-19-18-15(16)12-20-21-18/h8,10,12,14H,3-7,9,11,13H2,1-2H3,(H,19,20,21). The number of rotatable bonds is 11. The first-order valence-electron chi connectivity index (χ1n) is 8.81. The summed E-state index contributed by atoms with van der Waals surface area (Å²) in [6.07, 6.45) is 9.89. The van der Waals surface area contributed by atoms with Crippen LogP contribution in [0.25, 0.3) is 11.0 Å². The summed E-state index contributed by atoms with van der Waals surface area (Å²) in [5, 5.41) is 7.85. The van der Waals surface area contributed by atoms with Gasteiger partial charge in [-0.2, -0.15) is 5.10 Å². The molecule has 0 saturated carbocycles. The van der Waals surface area contributed by atoms with Gasteiger partial charge in [0.1, 0.15) is 0 Å². The zero-order valence-corrected chi connectivity index (χ0v) is 15.4. The van der Waals surface area contributed by atoms with Gasteiger partial charge in [0.05, 0.1) is 24.6 Å². The minimum atomic E-state index is -0.103. The summed E-state index contributed by atoms with van der Waals surface area (Å²) in [4.78, 5) is 17.2. The monoisotopic (exact) mass is 349 g/mol. The summed E-state index contributed by atoms with van der Waals surface area (Å²) in [7, 11) is 0. The van der Waals surface area contributed by atoms with Gasteiger partial charge in [-0.05, 0) is 18.4 Å². The molecule has 2 rings (SSSR count). The van der Waals surface area contributed by atoms with Crippen LogP contribution in [-0.2, 0) is 9.53 Å². The predicted octanol–water partition coefficient (Wildman–Crippen LogP) is 4.59. The number of fused-ring (bicyclic) bond motifs is 1. The van der Waals surface area contributed by atoms with Crippen LogP contribution in [-0.4, -0.2) is 33.5 Å². The van der Waals surface area contributed by atoms with Crippen molar-refractivity contribution >= 4 is 28.8 Å². The Kier molecular flexibility index (Phi) is 8.08. The van der Waals surface area contributed by atoms with Crippen LogP contribution in [0.1, 0.15) is 52.4 Å². The lowest BCUT2D eigenvalue weighted by Crippen LogP contribution is -2.14. The molecule has 6 heteroatoms. The summed E-state index contributed by atoms with van der Waals surface area (Å²) in [6, 6.07) is 1.95. The molecule has 0 aliphatic heterocycles. The molecule has 0 amide bonds. The molecule has 2 aromatic rings. The minimum Gasteiger partial charge on any atom is -0.465 e.